The Morgan fingerprint density at radius 3 is 2.48 bits per heavy atom. The van der Waals surface area contributed by atoms with Crippen LogP contribution in [0.1, 0.15) is 21.5 Å². The molecule has 0 saturated heterocycles. The minimum atomic E-state index is -3.96. The molecule has 0 saturated carbocycles. The molecule has 2 aromatic rings. The third-order valence-electron chi connectivity index (χ3n) is 3.49. The zero-order valence-electron chi connectivity index (χ0n) is 13.0. The van der Waals surface area contributed by atoms with E-state index < -0.39 is 15.8 Å². The van der Waals surface area contributed by atoms with E-state index in [0.29, 0.717) is 16.7 Å². The highest BCUT2D eigenvalue weighted by molar-refractivity contribution is 7.92. The normalized spacial score (nSPS) is 11.1. The first-order valence-corrected chi connectivity index (χ1v) is 8.35. The van der Waals surface area contributed by atoms with Gasteiger partial charge in [0.25, 0.3) is 15.9 Å². The molecular weight excluding hydrogens is 319 g/mol. The molecule has 0 bridgehead atoms. The van der Waals surface area contributed by atoms with E-state index in [2.05, 4.69) is 10.0 Å². The number of sulfonamides is 1. The second-order valence-electron chi connectivity index (χ2n) is 5.07. The van der Waals surface area contributed by atoms with Crippen LogP contribution in [-0.2, 0) is 10.0 Å². The quantitative estimate of drug-likeness (QED) is 0.901. The molecular formula is C16H17FN2O3S. The monoisotopic (exact) mass is 336 g/mol. The Hall–Kier alpha value is -2.41. The number of carbonyl (C=O) groups is 1. The van der Waals surface area contributed by atoms with Crippen molar-refractivity contribution < 1.29 is 17.6 Å². The van der Waals surface area contributed by atoms with E-state index in [1.54, 1.807) is 32.0 Å². The maximum Gasteiger partial charge on any atom is 0.262 e. The smallest absolute Gasteiger partial charge is 0.262 e. The number of amides is 1. The highest BCUT2D eigenvalue weighted by Crippen LogP contribution is 2.24. The Bertz CT molecular complexity index is 864. The van der Waals surface area contributed by atoms with Crippen LogP contribution in [0.3, 0.4) is 0 Å². The molecule has 0 aromatic heterocycles. The maximum atomic E-state index is 13.4. The lowest BCUT2D eigenvalue weighted by atomic mass is 10.1. The average Bonchev–Trinajstić information content (AvgIpc) is 2.50. The van der Waals surface area contributed by atoms with Crippen LogP contribution in [-0.4, -0.2) is 21.4 Å². The van der Waals surface area contributed by atoms with E-state index >= 15 is 0 Å². The van der Waals surface area contributed by atoms with Crippen molar-refractivity contribution in [2.24, 2.45) is 0 Å². The molecule has 0 aliphatic carbocycles. The molecule has 0 unspecified atom stereocenters. The van der Waals surface area contributed by atoms with Crippen molar-refractivity contribution in [1.29, 1.82) is 0 Å². The molecule has 23 heavy (non-hydrogen) atoms. The highest BCUT2D eigenvalue weighted by Gasteiger charge is 2.20. The molecule has 5 nitrogen and oxygen atoms in total. The van der Waals surface area contributed by atoms with Crippen LogP contribution in [0.25, 0.3) is 0 Å². The molecule has 2 N–H and O–H groups in total. The van der Waals surface area contributed by atoms with E-state index in [4.69, 9.17) is 0 Å². The van der Waals surface area contributed by atoms with Gasteiger partial charge in [-0.05, 0) is 49.2 Å². The third kappa shape index (κ3) is 3.50. The summed E-state index contributed by atoms with van der Waals surface area (Å²) in [6.07, 6.45) is 0. The molecule has 0 atom stereocenters. The summed E-state index contributed by atoms with van der Waals surface area (Å²) in [6.45, 7) is 3.22. The second kappa shape index (κ2) is 6.37. The minimum absolute atomic E-state index is 0.137. The van der Waals surface area contributed by atoms with Crippen LogP contribution < -0.4 is 10.0 Å². The maximum absolute atomic E-state index is 13.4. The molecule has 2 rings (SSSR count). The molecule has 2 aromatic carbocycles. The average molecular weight is 336 g/mol. The summed E-state index contributed by atoms with van der Waals surface area (Å²) in [5, 5.41) is 2.49. The fraction of sp³-hybridized carbons (Fsp3) is 0.188. The van der Waals surface area contributed by atoms with Crippen molar-refractivity contribution in [1.82, 2.24) is 5.32 Å². The van der Waals surface area contributed by atoms with Crippen LogP contribution in [0.4, 0.5) is 10.1 Å². The van der Waals surface area contributed by atoms with Gasteiger partial charge >= 0.3 is 0 Å². The molecule has 0 fully saturated rings. The van der Waals surface area contributed by atoms with E-state index in [-0.39, 0.29) is 16.5 Å². The lowest BCUT2D eigenvalue weighted by Crippen LogP contribution is -2.20. The summed E-state index contributed by atoms with van der Waals surface area (Å²) in [7, 11) is -2.47. The van der Waals surface area contributed by atoms with Crippen LogP contribution in [0.15, 0.2) is 41.3 Å². The summed E-state index contributed by atoms with van der Waals surface area (Å²) in [5.74, 6) is -0.947. The number of hydrogen-bond donors (Lipinski definition) is 2. The summed E-state index contributed by atoms with van der Waals surface area (Å²) in [4.78, 5) is 11.6. The predicted molar refractivity (Wildman–Crippen MR) is 86.5 cm³/mol. The van der Waals surface area contributed by atoms with Gasteiger partial charge in [-0.2, -0.15) is 0 Å². The van der Waals surface area contributed by atoms with Crippen LogP contribution >= 0.6 is 0 Å². The van der Waals surface area contributed by atoms with Crippen LogP contribution in [0.5, 0.6) is 0 Å². The second-order valence-corrected chi connectivity index (χ2v) is 6.72. The van der Waals surface area contributed by atoms with Crippen LogP contribution in [0, 0.1) is 19.7 Å². The Morgan fingerprint density at radius 2 is 1.83 bits per heavy atom. The van der Waals surface area contributed by atoms with Crippen molar-refractivity contribution in [3.8, 4) is 0 Å². The summed E-state index contributed by atoms with van der Waals surface area (Å²) in [6, 6.07) is 8.29. The fourth-order valence-electron chi connectivity index (χ4n) is 2.19. The Balaban J connectivity index is 2.46. The topological polar surface area (TPSA) is 75.3 Å². The Labute approximate surface area is 134 Å². The van der Waals surface area contributed by atoms with E-state index in [1.165, 1.54) is 19.2 Å². The van der Waals surface area contributed by atoms with E-state index in [0.717, 1.165) is 6.07 Å². The zero-order chi connectivity index (χ0) is 17.2. The number of carbonyl (C=O) groups excluding carboxylic acids is 1. The molecule has 0 heterocycles. The van der Waals surface area contributed by atoms with Gasteiger partial charge in [0.2, 0.25) is 0 Å². The molecule has 0 spiro atoms. The van der Waals surface area contributed by atoms with Gasteiger partial charge in [0.05, 0.1) is 10.6 Å². The van der Waals surface area contributed by atoms with Crippen molar-refractivity contribution in [3.05, 3.63) is 58.9 Å². The largest absolute Gasteiger partial charge is 0.355 e. The highest BCUT2D eigenvalue weighted by atomic mass is 32.2. The van der Waals surface area contributed by atoms with Gasteiger partial charge < -0.3 is 5.32 Å². The van der Waals surface area contributed by atoms with Crippen molar-refractivity contribution in [3.63, 3.8) is 0 Å². The molecule has 122 valence electrons. The SMILES string of the molecule is CNC(=O)c1cccc(NS(=O)(=O)c2cc(F)ccc2C)c1C. The minimum Gasteiger partial charge on any atom is -0.355 e. The van der Waals surface area contributed by atoms with Gasteiger partial charge in [0.15, 0.2) is 0 Å². The Morgan fingerprint density at radius 1 is 1.13 bits per heavy atom. The number of anilines is 1. The van der Waals surface area contributed by atoms with Gasteiger partial charge in [0, 0.05) is 12.6 Å². The first kappa shape index (κ1) is 17.0. The summed E-state index contributed by atoms with van der Waals surface area (Å²) < 4.78 is 40.8. The number of hydrogen-bond acceptors (Lipinski definition) is 3. The number of nitrogens with one attached hydrogen (secondary N) is 2. The zero-order valence-corrected chi connectivity index (χ0v) is 13.8. The predicted octanol–water partition coefficient (Wildman–Crippen LogP) is 2.60. The van der Waals surface area contributed by atoms with Crippen molar-refractivity contribution in [2.75, 3.05) is 11.8 Å². The number of aryl methyl sites for hydroxylation is 1. The van der Waals surface area contributed by atoms with Crippen molar-refractivity contribution in [2.45, 2.75) is 18.7 Å². The van der Waals surface area contributed by atoms with E-state index in [1.807, 2.05) is 0 Å². The van der Waals surface area contributed by atoms with Crippen molar-refractivity contribution >= 4 is 21.6 Å². The number of rotatable bonds is 4. The third-order valence-corrected chi connectivity index (χ3v) is 5.00. The first-order chi connectivity index (χ1) is 10.8. The molecule has 1 amide bonds. The standard InChI is InChI=1S/C16H17FN2O3S/c1-10-7-8-12(17)9-15(10)23(21,22)19-14-6-4-5-13(11(14)2)16(20)18-3/h4-9,19H,1-3H3,(H,18,20). The molecule has 0 aliphatic heterocycles. The number of halogens is 1. The van der Waals surface area contributed by atoms with Gasteiger partial charge in [-0.15, -0.1) is 0 Å². The lowest BCUT2D eigenvalue weighted by Gasteiger charge is -2.14. The lowest BCUT2D eigenvalue weighted by molar-refractivity contribution is 0.0962. The van der Waals surface area contributed by atoms with E-state index in [9.17, 15) is 17.6 Å². The van der Waals surface area contributed by atoms with Crippen LogP contribution in [0.2, 0.25) is 0 Å². The van der Waals surface area contributed by atoms with Gasteiger partial charge in [-0.25, -0.2) is 12.8 Å². The molecule has 0 aliphatic rings. The Kier molecular flexibility index (Phi) is 4.70. The molecule has 7 heteroatoms. The van der Waals surface area contributed by atoms with Gasteiger partial charge in [-0.1, -0.05) is 12.1 Å². The van der Waals surface area contributed by atoms with Gasteiger partial charge in [-0.3, -0.25) is 9.52 Å². The summed E-state index contributed by atoms with van der Waals surface area (Å²) >= 11 is 0. The number of benzene rings is 2. The summed E-state index contributed by atoms with van der Waals surface area (Å²) in [5.41, 5.74) is 1.56. The fourth-order valence-corrected chi connectivity index (χ4v) is 3.57. The molecule has 0 radical (unpaired) electrons. The first-order valence-electron chi connectivity index (χ1n) is 6.87. The van der Waals surface area contributed by atoms with Gasteiger partial charge in [0.1, 0.15) is 5.82 Å².